The Morgan fingerprint density at radius 3 is 2.62 bits per heavy atom. The number of nitrogens with one attached hydrogen (secondary N) is 2. The summed E-state index contributed by atoms with van der Waals surface area (Å²) in [4.78, 5) is 11.2. The molecule has 0 aliphatic heterocycles. The maximum Gasteiger partial charge on any atom is 0.407 e. The molecule has 1 amide bonds. The van der Waals surface area contributed by atoms with Crippen molar-refractivity contribution in [3.8, 4) is 0 Å². The lowest BCUT2D eigenvalue weighted by Gasteiger charge is -2.06. The normalized spacial score (nSPS) is 9.88. The van der Waals surface area contributed by atoms with Crippen LogP contribution in [0.4, 0.5) is 4.79 Å². The second-order valence-electron chi connectivity index (χ2n) is 3.23. The van der Waals surface area contributed by atoms with Gasteiger partial charge in [0.05, 0.1) is 0 Å². The number of hydrogen-bond donors (Lipinski definition) is 2. The van der Waals surface area contributed by atoms with Gasteiger partial charge in [0.25, 0.3) is 0 Å². The fourth-order valence-corrected chi connectivity index (χ4v) is 1.20. The zero-order chi connectivity index (χ0) is 11.8. The first-order valence-electron chi connectivity index (χ1n) is 5.02. The summed E-state index contributed by atoms with van der Waals surface area (Å²) in [5, 5.41) is 6.20. The fourth-order valence-electron chi connectivity index (χ4n) is 1.07. The van der Waals surface area contributed by atoms with Crippen molar-refractivity contribution in [3.05, 3.63) is 34.9 Å². The smallest absolute Gasteiger partial charge is 0.407 e. The minimum atomic E-state index is -0.412. The number of rotatable bonds is 5. The number of carbonyl (C=O) groups is 1. The van der Waals surface area contributed by atoms with E-state index in [1.54, 1.807) is 12.1 Å². The molecule has 5 heteroatoms. The van der Waals surface area contributed by atoms with Crippen LogP contribution in [0.1, 0.15) is 5.56 Å². The highest BCUT2D eigenvalue weighted by atomic mass is 35.5. The van der Waals surface area contributed by atoms with Gasteiger partial charge in [-0.05, 0) is 24.7 Å². The van der Waals surface area contributed by atoms with Gasteiger partial charge in [-0.15, -0.1) is 0 Å². The van der Waals surface area contributed by atoms with Crippen molar-refractivity contribution in [3.63, 3.8) is 0 Å². The monoisotopic (exact) mass is 242 g/mol. The Bertz CT molecular complexity index is 327. The molecule has 16 heavy (non-hydrogen) atoms. The van der Waals surface area contributed by atoms with Gasteiger partial charge in [0, 0.05) is 18.1 Å². The van der Waals surface area contributed by atoms with E-state index < -0.39 is 6.09 Å². The van der Waals surface area contributed by atoms with Gasteiger partial charge in [0.15, 0.2) is 0 Å². The molecule has 88 valence electrons. The van der Waals surface area contributed by atoms with E-state index >= 15 is 0 Å². The average Bonchev–Trinajstić information content (AvgIpc) is 2.29. The molecule has 0 bridgehead atoms. The Morgan fingerprint density at radius 2 is 2.00 bits per heavy atom. The highest BCUT2D eigenvalue weighted by Crippen LogP contribution is 2.10. The molecule has 0 unspecified atom stereocenters. The first kappa shape index (κ1) is 12.8. The van der Waals surface area contributed by atoms with E-state index in [9.17, 15) is 4.79 Å². The number of likely N-dealkylation sites (N-methyl/N-ethyl adjacent to an activating group) is 1. The molecular weight excluding hydrogens is 228 g/mol. The van der Waals surface area contributed by atoms with Gasteiger partial charge in [0.2, 0.25) is 0 Å². The van der Waals surface area contributed by atoms with Crippen molar-refractivity contribution in [2.24, 2.45) is 0 Å². The second-order valence-corrected chi connectivity index (χ2v) is 3.67. The highest BCUT2D eigenvalue weighted by Gasteiger charge is 2.01. The number of alkyl carbamates (subject to hydrolysis) is 1. The molecule has 0 spiro atoms. The van der Waals surface area contributed by atoms with E-state index in [1.165, 1.54) is 0 Å². The number of carbonyl (C=O) groups excluding carboxylic acids is 1. The number of hydrogen-bond acceptors (Lipinski definition) is 3. The Hall–Kier alpha value is -1.26. The van der Waals surface area contributed by atoms with Gasteiger partial charge in [-0.1, -0.05) is 23.7 Å². The molecule has 0 aromatic heterocycles. The van der Waals surface area contributed by atoms with Crippen molar-refractivity contribution in [2.75, 3.05) is 20.1 Å². The van der Waals surface area contributed by atoms with Gasteiger partial charge in [-0.25, -0.2) is 4.79 Å². The maximum atomic E-state index is 11.2. The Balaban J connectivity index is 2.23. The fraction of sp³-hybridized carbons (Fsp3) is 0.364. The molecule has 2 N–H and O–H groups in total. The van der Waals surface area contributed by atoms with Crippen LogP contribution in [0.15, 0.2) is 24.3 Å². The van der Waals surface area contributed by atoms with Crippen LogP contribution in [0.3, 0.4) is 0 Å². The molecule has 0 saturated heterocycles. The largest absolute Gasteiger partial charge is 0.445 e. The van der Waals surface area contributed by atoms with Crippen molar-refractivity contribution in [1.82, 2.24) is 10.6 Å². The van der Waals surface area contributed by atoms with E-state index in [0.29, 0.717) is 11.6 Å². The van der Waals surface area contributed by atoms with Gasteiger partial charge >= 0.3 is 6.09 Å². The molecule has 0 saturated carbocycles. The summed E-state index contributed by atoms with van der Waals surface area (Å²) in [5.74, 6) is 0. The van der Waals surface area contributed by atoms with Crippen molar-refractivity contribution in [2.45, 2.75) is 6.61 Å². The van der Waals surface area contributed by atoms with E-state index in [4.69, 9.17) is 16.3 Å². The van der Waals surface area contributed by atoms with Crippen molar-refractivity contribution >= 4 is 17.7 Å². The standard InChI is InChI=1S/C11H15ClN2O2/c1-13-6-7-14-11(15)16-8-9-2-4-10(12)5-3-9/h2-5,13H,6-8H2,1H3,(H,14,15). The Kier molecular flexibility index (Phi) is 5.67. The number of halogens is 1. The van der Waals surface area contributed by atoms with Crippen LogP contribution in [0.25, 0.3) is 0 Å². The third kappa shape index (κ3) is 5.00. The lowest BCUT2D eigenvalue weighted by atomic mass is 10.2. The molecule has 0 heterocycles. The molecule has 0 atom stereocenters. The lowest BCUT2D eigenvalue weighted by molar-refractivity contribution is 0.140. The average molecular weight is 243 g/mol. The van der Waals surface area contributed by atoms with Crippen LogP contribution in [0.2, 0.25) is 5.02 Å². The Labute approximate surface area is 99.9 Å². The summed E-state index contributed by atoms with van der Waals surface area (Å²) in [6.45, 7) is 1.52. The van der Waals surface area contributed by atoms with Gasteiger partial charge in [0.1, 0.15) is 6.61 Å². The SMILES string of the molecule is CNCCNC(=O)OCc1ccc(Cl)cc1. The van der Waals surface area contributed by atoms with Crippen LogP contribution in [0, 0.1) is 0 Å². The highest BCUT2D eigenvalue weighted by molar-refractivity contribution is 6.30. The minimum Gasteiger partial charge on any atom is -0.445 e. The predicted octanol–water partition coefficient (Wildman–Crippen LogP) is 1.79. The Morgan fingerprint density at radius 1 is 1.31 bits per heavy atom. The zero-order valence-corrected chi connectivity index (χ0v) is 9.88. The summed E-state index contributed by atoms with van der Waals surface area (Å²) >= 11 is 5.73. The first-order valence-corrected chi connectivity index (χ1v) is 5.40. The van der Waals surface area contributed by atoms with Crippen LogP contribution >= 0.6 is 11.6 Å². The molecular formula is C11H15ClN2O2. The minimum absolute atomic E-state index is 0.253. The number of ether oxygens (including phenoxy) is 1. The number of amides is 1. The third-order valence-electron chi connectivity index (χ3n) is 1.93. The molecule has 0 fully saturated rings. The molecule has 0 aliphatic rings. The van der Waals surface area contributed by atoms with Gasteiger partial charge in [-0.3, -0.25) is 0 Å². The molecule has 4 nitrogen and oxygen atoms in total. The van der Waals surface area contributed by atoms with Crippen LogP contribution in [0.5, 0.6) is 0 Å². The van der Waals surface area contributed by atoms with Crippen molar-refractivity contribution < 1.29 is 9.53 Å². The molecule has 0 radical (unpaired) electrons. The molecule has 0 aliphatic carbocycles. The topological polar surface area (TPSA) is 50.4 Å². The summed E-state index contributed by atoms with van der Waals surface area (Å²) in [6.07, 6.45) is -0.412. The molecule has 1 rings (SSSR count). The van der Waals surface area contributed by atoms with Crippen LogP contribution < -0.4 is 10.6 Å². The van der Waals surface area contributed by atoms with E-state index in [-0.39, 0.29) is 6.61 Å². The molecule has 1 aromatic carbocycles. The van der Waals surface area contributed by atoms with Gasteiger partial charge < -0.3 is 15.4 Å². The van der Waals surface area contributed by atoms with E-state index in [1.807, 2.05) is 19.2 Å². The molecule has 1 aromatic rings. The first-order chi connectivity index (χ1) is 7.72. The summed E-state index contributed by atoms with van der Waals surface area (Å²) < 4.78 is 4.99. The predicted molar refractivity (Wildman–Crippen MR) is 63.6 cm³/mol. The van der Waals surface area contributed by atoms with Crippen LogP contribution in [-0.2, 0) is 11.3 Å². The van der Waals surface area contributed by atoms with Gasteiger partial charge in [-0.2, -0.15) is 0 Å². The summed E-state index contributed by atoms with van der Waals surface area (Å²) in [7, 11) is 1.82. The second kappa shape index (κ2) is 7.09. The number of benzene rings is 1. The summed E-state index contributed by atoms with van der Waals surface area (Å²) in [5.41, 5.74) is 0.910. The van der Waals surface area contributed by atoms with Crippen molar-refractivity contribution in [1.29, 1.82) is 0 Å². The lowest BCUT2D eigenvalue weighted by Crippen LogP contribution is -2.30. The van der Waals surface area contributed by atoms with E-state index in [2.05, 4.69) is 10.6 Å². The quantitative estimate of drug-likeness (QED) is 0.774. The van der Waals surface area contributed by atoms with E-state index in [0.717, 1.165) is 12.1 Å². The zero-order valence-electron chi connectivity index (χ0n) is 9.13. The maximum absolute atomic E-state index is 11.2. The third-order valence-corrected chi connectivity index (χ3v) is 2.18. The van der Waals surface area contributed by atoms with Crippen LogP contribution in [-0.4, -0.2) is 26.2 Å². The summed E-state index contributed by atoms with van der Waals surface area (Å²) in [6, 6.07) is 7.17.